The maximum atomic E-state index is 14.5. The van der Waals surface area contributed by atoms with Gasteiger partial charge < -0.3 is 24.4 Å². The Balaban J connectivity index is 1.34. The third-order valence-electron chi connectivity index (χ3n) is 8.09. The average molecular weight is 565 g/mol. The molecule has 2 aromatic heterocycles. The fourth-order valence-corrected chi connectivity index (χ4v) is 6.26. The summed E-state index contributed by atoms with van der Waals surface area (Å²) < 4.78 is 22.0. The van der Waals surface area contributed by atoms with E-state index in [4.69, 9.17) is 16.3 Å². The van der Waals surface area contributed by atoms with Crippen LogP contribution in [0.2, 0.25) is 0 Å². The van der Waals surface area contributed by atoms with Gasteiger partial charge in [0.15, 0.2) is 17.0 Å². The Morgan fingerprint density at radius 1 is 1.23 bits per heavy atom. The minimum absolute atomic E-state index is 0.0819. The lowest BCUT2D eigenvalue weighted by Crippen LogP contribution is -2.49. The van der Waals surface area contributed by atoms with E-state index in [1.807, 2.05) is 43.3 Å². The van der Waals surface area contributed by atoms with E-state index in [9.17, 15) is 9.18 Å². The molecule has 3 aliphatic heterocycles. The van der Waals surface area contributed by atoms with Crippen LogP contribution in [0, 0.1) is 5.82 Å². The van der Waals surface area contributed by atoms with Crippen LogP contribution in [0.1, 0.15) is 18.4 Å². The van der Waals surface area contributed by atoms with E-state index in [1.165, 1.54) is 6.07 Å². The largest absolute Gasteiger partial charge is 0.486 e. The first kappa shape index (κ1) is 26.7. The Bertz CT molecular complexity index is 1540. The molecule has 10 heteroatoms. The van der Waals surface area contributed by atoms with E-state index in [0.29, 0.717) is 49.3 Å². The number of hydrogen-bond donors (Lipinski definition) is 1. The lowest BCUT2D eigenvalue weighted by atomic mass is 10.0. The van der Waals surface area contributed by atoms with Crippen LogP contribution in [0.15, 0.2) is 64.3 Å². The average Bonchev–Trinajstić information content (AvgIpc) is 2.97. The second-order valence-electron chi connectivity index (χ2n) is 10.8. The van der Waals surface area contributed by atoms with Crippen LogP contribution >= 0.6 is 11.6 Å². The number of halogens is 2. The van der Waals surface area contributed by atoms with Crippen molar-refractivity contribution in [3.63, 3.8) is 0 Å². The summed E-state index contributed by atoms with van der Waals surface area (Å²) in [5.41, 5.74) is 3.30. The highest BCUT2D eigenvalue weighted by Gasteiger charge is 2.29. The first-order valence-corrected chi connectivity index (χ1v) is 14.1. The summed E-state index contributed by atoms with van der Waals surface area (Å²) in [6, 6.07) is 7.21. The van der Waals surface area contributed by atoms with Crippen LogP contribution in [0.25, 0.3) is 10.9 Å². The van der Waals surface area contributed by atoms with Gasteiger partial charge in [0.05, 0.1) is 35.9 Å². The normalized spacial score (nSPS) is 19.0. The van der Waals surface area contributed by atoms with E-state index < -0.39 is 5.82 Å². The number of hydrogen-bond acceptors (Lipinski definition) is 7. The zero-order valence-corrected chi connectivity index (χ0v) is 23.6. The van der Waals surface area contributed by atoms with Gasteiger partial charge in [-0.3, -0.25) is 9.69 Å². The van der Waals surface area contributed by atoms with Crippen molar-refractivity contribution in [1.82, 2.24) is 19.4 Å². The zero-order valence-electron chi connectivity index (χ0n) is 22.9. The molecule has 8 nitrogen and oxygen atoms in total. The summed E-state index contributed by atoms with van der Waals surface area (Å²) in [4.78, 5) is 25.1. The molecule has 0 aliphatic carbocycles. The number of pyridine rings is 2. The predicted octanol–water partition coefficient (Wildman–Crippen LogP) is 4.39. The highest BCUT2D eigenvalue weighted by molar-refractivity contribution is 6.30. The molecule has 6 rings (SSSR count). The van der Waals surface area contributed by atoms with Crippen LogP contribution in [-0.2, 0) is 13.1 Å². The minimum Gasteiger partial charge on any atom is -0.486 e. The van der Waals surface area contributed by atoms with Crippen LogP contribution in [0.5, 0.6) is 5.75 Å². The molecule has 0 saturated carbocycles. The van der Waals surface area contributed by atoms with Gasteiger partial charge in [0.25, 0.3) is 0 Å². The van der Waals surface area contributed by atoms with Gasteiger partial charge in [0.2, 0.25) is 0 Å². The molecule has 3 aromatic rings. The Hall–Kier alpha value is -3.56. The second-order valence-corrected chi connectivity index (χ2v) is 11.2. The number of nitrogens with zero attached hydrogens (tertiary/aromatic N) is 5. The standard InChI is InChI=1S/C30H34ClFN6O2/c1-33-27-8-5-22(14-34-27)36-10-3-4-23(18-36)38(15-20-9-11-35(2)19-25(20)31)17-21-16-37-12-13-40-30-26(32)7-6-24(28(30)37)29(21)39/h5-9,11,14,16,23H,3-4,10,12-13,15,17-19H2,1-2H3,(H,33,34). The molecule has 210 valence electrons. The molecule has 1 fully saturated rings. The van der Waals surface area contributed by atoms with Gasteiger partial charge in [0, 0.05) is 63.1 Å². The summed E-state index contributed by atoms with van der Waals surface area (Å²) >= 11 is 6.73. The Morgan fingerprint density at radius 3 is 2.88 bits per heavy atom. The summed E-state index contributed by atoms with van der Waals surface area (Å²) in [6.07, 6.45) is 9.97. The number of anilines is 2. The van der Waals surface area contributed by atoms with Gasteiger partial charge in [-0.2, -0.15) is 0 Å². The number of nitrogens with one attached hydrogen (secondary N) is 1. The first-order valence-electron chi connectivity index (χ1n) is 13.8. The topological polar surface area (TPSA) is 65.9 Å². The maximum absolute atomic E-state index is 14.5. The lowest BCUT2D eigenvalue weighted by molar-refractivity contribution is 0.181. The van der Waals surface area contributed by atoms with E-state index >= 15 is 0 Å². The molecule has 40 heavy (non-hydrogen) atoms. The van der Waals surface area contributed by atoms with Crippen molar-refractivity contribution in [3.05, 3.63) is 81.1 Å². The zero-order chi connectivity index (χ0) is 27.8. The number of benzene rings is 1. The van der Waals surface area contributed by atoms with E-state index in [2.05, 4.69) is 37.1 Å². The molecule has 1 saturated heterocycles. The van der Waals surface area contributed by atoms with Gasteiger partial charge in [-0.1, -0.05) is 11.6 Å². The van der Waals surface area contributed by atoms with Crippen LogP contribution < -0.4 is 20.4 Å². The Morgan fingerprint density at radius 2 is 2.10 bits per heavy atom. The fraction of sp³-hybridized carbons (Fsp3) is 0.400. The highest BCUT2D eigenvalue weighted by atomic mass is 35.5. The van der Waals surface area contributed by atoms with E-state index in [0.717, 1.165) is 48.0 Å². The molecule has 0 spiro atoms. The Labute approximate surface area is 238 Å². The van der Waals surface area contributed by atoms with Gasteiger partial charge >= 0.3 is 0 Å². The third-order valence-corrected chi connectivity index (χ3v) is 8.46. The molecule has 1 unspecified atom stereocenters. The molecule has 1 N–H and O–H groups in total. The number of rotatable bonds is 7. The van der Waals surface area contributed by atoms with Crippen molar-refractivity contribution in [1.29, 1.82) is 0 Å². The molecule has 3 aliphatic rings. The molecule has 5 heterocycles. The van der Waals surface area contributed by atoms with Crippen molar-refractivity contribution in [2.24, 2.45) is 0 Å². The summed E-state index contributed by atoms with van der Waals surface area (Å²) in [7, 11) is 3.87. The number of aromatic nitrogens is 2. The van der Waals surface area contributed by atoms with Gasteiger partial charge in [-0.05, 0) is 55.0 Å². The van der Waals surface area contributed by atoms with Gasteiger partial charge in [0.1, 0.15) is 12.4 Å². The second kappa shape index (κ2) is 11.1. The van der Waals surface area contributed by atoms with Crippen molar-refractivity contribution >= 4 is 34.0 Å². The number of ether oxygens (including phenoxy) is 1. The van der Waals surface area contributed by atoms with Crippen molar-refractivity contribution < 1.29 is 9.13 Å². The summed E-state index contributed by atoms with van der Waals surface area (Å²) in [5.74, 6) is 0.562. The molecule has 0 radical (unpaired) electrons. The minimum atomic E-state index is -0.440. The molecule has 1 atom stereocenters. The first-order chi connectivity index (χ1) is 19.4. The van der Waals surface area contributed by atoms with Crippen LogP contribution in [0.3, 0.4) is 0 Å². The predicted molar refractivity (Wildman–Crippen MR) is 158 cm³/mol. The van der Waals surface area contributed by atoms with Crippen molar-refractivity contribution in [3.8, 4) is 5.75 Å². The molecular weight excluding hydrogens is 531 g/mol. The van der Waals surface area contributed by atoms with Crippen LogP contribution in [-0.4, -0.2) is 72.3 Å². The third kappa shape index (κ3) is 5.15. The fourth-order valence-electron chi connectivity index (χ4n) is 5.95. The molecule has 1 aromatic carbocycles. The Kier molecular flexibility index (Phi) is 7.42. The lowest BCUT2D eigenvalue weighted by Gasteiger charge is -2.41. The summed E-state index contributed by atoms with van der Waals surface area (Å²) in [5, 5.41) is 4.38. The monoisotopic (exact) mass is 564 g/mol. The van der Waals surface area contributed by atoms with Crippen molar-refractivity contribution in [2.45, 2.75) is 32.0 Å². The SMILES string of the molecule is CNc1ccc(N2CCCC(N(CC3=C(Cl)CN(C)C=C3)Cc3cn4c5c(c(F)ccc5c3=O)OCC4)C2)cn1. The molecule has 0 bridgehead atoms. The van der Waals surface area contributed by atoms with Crippen molar-refractivity contribution in [2.75, 3.05) is 57.1 Å². The van der Waals surface area contributed by atoms with Crippen LogP contribution in [0.4, 0.5) is 15.9 Å². The maximum Gasteiger partial charge on any atom is 0.194 e. The van der Waals surface area contributed by atoms with Gasteiger partial charge in [-0.25, -0.2) is 9.37 Å². The quantitative estimate of drug-likeness (QED) is 0.456. The number of likely N-dealkylation sites (N-methyl/N-ethyl adjacent to an activating group) is 1. The smallest absolute Gasteiger partial charge is 0.194 e. The summed E-state index contributed by atoms with van der Waals surface area (Å²) in [6.45, 7) is 4.48. The highest BCUT2D eigenvalue weighted by Crippen LogP contribution is 2.31. The molecule has 0 amide bonds. The van der Waals surface area contributed by atoms with Gasteiger partial charge in [-0.15, -0.1) is 0 Å². The number of piperidine rings is 1. The molecular formula is C30H34ClFN6O2. The van der Waals surface area contributed by atoms with E-state index in [1.54, 1.807) is 6.07 Å². The van der Waals surface area contributed by atoms with E-state index in [-0.39, 0.29) is 17.2 Å².